The van der Waals surface area contributed by atoms with E-state index in [1.807, 2.05) is 7.11 Å². The summed E-state index contributed by atoms with van der Waals surface area (Å²) < 4.78 is 24.5. The number of anilines is 1. The summed E-state index contributed by atoms with van der Waals surface area (Å²) in [6.45, 7) is 1.63. The van der Waals surface area contributed by atoms with E-state index in [1.54, 1.807) is 38.5 Å². The van der Waals surface area contributed by atoms with Gasteiger partial charge in [-0.1, -0.05) is 12.1 Å². The lowest BCUT2D eigenvalue weighted by atomic mass is 9.44. The van der Waals surface area contributed by atoms with Crippen molar-refractivity contribution < 1.29 is 33.6 Å². The van der Waals surface area contributed by atoms with Gasteiger partial charge in [-0.15, -0.1) is 0 Å². The molecule has 5 saturated carbocycles. The van der Waals surface area contributed by atoms with Crippen LogP contribution >= 0.6 is 0 Å². The molecule has 9 heteroatoms. The summed E-state index contributed by atoms with van der Waals surface area (Å²) in [5.74, 6) is -0.156. The van der Waals surface area contributed by atoms with E-state index in [-0.39, 0.29) is 71.9 Å². The molecule has 0 radical (unpaired) electrons. The van der Waals surface area contributed by atoms with Crippen molar-refractivity contribution in [1.29, 1.82) is 0 Å². The van der Waals surface area contributed by atoms with Gasteiger partial charge in [-0.25, -0.2) is 4.79 Å². The predicted octanol–water partition coefficient (Wildman–Crippen LogP) is 3.10. The van der Waals surface area contributed by atoms with Crippen molar-refractivity contribution in [3.05, 3.63) is 29.8 Å². The van der Waals surface area contributed by atoms with Crippen LogP contribution in [0.3, 0.4) is 0 Å². The number of nitrogens with zero attached hydrogens (tertiary/aromatic N) is 1. The fraction of sp³-hybridized carbons (Fsp3) is 0.710. The van der Waals surface area contributed by atoms with Crippen molar-refractivity contribution in [1.82, 2.24) is 0 Å². The van der Waals surface area contributed by atoms with Gasteiger partial charge in [-0.05, 0) is 49.7 Å². The fourth-order valence-corrected chi connectivity index (χ4v) is 10.9. The highest BCUT2D eigenvalue weighted by Crippen LogP contribution is 2.78. The van der Waals surface area contributed by atoms with Gasteiger partial charge < -0.3 is 29.4 Å². The van der Waals surface area contributed by atoms with Gasteiger partial charge in [0.15, 0.2) is 0 Å². The maximum atomic E-state index is 13.4. The molecule has 7 bridgehead atoms. The van der Waals surface area contributed by atoms with Crippen LogP contribution in [0.25, 0.3) is 0 Å². The summed E-state index contributed by atoms with van der Waals surface area (Å²) in [4.78, 5) is 30.3. The Morgan fingerprint density at radius 3 is 2.62 bits per heavy atom. The monoisotopic (exact) mass is 552 g/mol. The van der Waals surface area contributed by atoms with Crippen LogP contribution in [-0.2, 0) is 23.7 Å². The first-order valence-electron chi connectivity index (χ1n) is 14.6. The quantitative estimate of drug-likeness (QED) is 0.500. The first kappa shape index (κ1) is 26.6. The molecule has 9 nitrogen and oxygen atoms in total. The molecular weight excluding hydrogens is 512 g/mol. The standard InChI is InChI=1S/C31H40N2O7/c1-16(34)33-21-8-6-5-7-17(21)28(35)40-15-29-10-9-24(38-3)31-19-11-18-22(37-2)13-30(36,25(19)26(18)39-4)20(12-23(29)31)27(31)32-14-29/h5-8,14,18-20,22-27,36H,9-13,15H2,1-4H3,(H,33,34)/t18-,19-,20+,22+,23-,24+,25-,26+,27?,29+,30+,31-/m1/s1. The number of ether oxygens (including phenoxy) is 4. The number of nitrogens with one attached hydrogen (secondary N) is 1. The van der Waals surface area contributed by atoms with Crippen molar-refractivity contribution in [2.75, 3.05) is 33.3 Å². The van der Waals surface area contributed by atoms with E-state index >= 15 is 0 Å². The molecule has 1 aromatic carbocycles. The molecule has 1 heterocycles. The summed E-state index contributed by atoms with van der Waals surface area (Å²) in [5, 5.41) is 15.3. The first-order valence-corrected chi connectivity index (χ1v) is 14.6. The molecule has 5 fully saturated rings. The number of fused-ring (bicyclic) bond motifs is 2. The van der Waals surface area contributed by atoms with Gasteiger partial charge in [0.05, 0.1) is 41.2 Å². The SMILES string of the molecule is CO[C@H]1[C@@H]2C[C@@H]3[C@H]1[C@](O)(C[C@@H]2OC)[C@H]1C[C@@H]2[C@]4(COC(=O)c5ccccc5NC(C)=O)C=NC1[C@]32[C@@H](OC)CC4. The Hall–Kier alpha value is -2.33. The molecule has 1 aromatic rings. The number of para-hydroxylation sites is 1. The molecule has 6 aliphatic rings. The lowest BCUT2D eigenvalue weighted by Gasteiger charge is -2.64. The zero-order valence-electron chi connectivity index (χ0n) is 23.7. The summed E-state index contributed by atoms with van der Waals surface area (Å²) in [5.41, 5.74) is -0.836. The smallest absolute Gasteiger partial charge is 0.340 e. The van der Waals surface area contributed by atoms with E-state index in [1.165, 1.54) is 6.92 Å². The van der Waals surface area contributed by atoms with E-state index < -0.39 is 17.0 Å². The Morgan fingerprint density at radius 2 is 1.90 bits per heavy atom. The topological polar surface area (TPSA) is 116 Å². The predicted molar refractivity (Wildman–Crippen MR) is 146 cm³/mol. The molecule has 1 spiro atoms. The molecular formula is C31H40N2O7. The van der Waals surface area contributed by atoms with E-state index in [0.717, 1.165) is 25.7 Å². The van der Waals surface area contributed by atoms with Crippen molar-refractivity contribution in [3.63, 3.8) is 0 Å². The first-order chi connectivity index (χ1) is 19.2. The van der Waals surface area contributed by atoms with E-state index in [0.29, 0.717) is 17.7 Å². The second-order valence-electron chi connectivity index (χ2n) is 13.1. The van der Waals surface area contributed by atoms with Gasteiger partial charge in [-0.2, -0.15) is 0 Å². The number of aliphatic hydroxyl groups is 1. The summed E-state index contributed by atoms with van der Waals surface area (Å²) in [7, 11) is 5.33. The summed E-state index contributed by atoms with van der Waals surface area (Å²) >= 11 is 0. The Labute approximate surface area is 235 Å². The summed E-state index contributed by atoms with van der Waals surface area (Å²) in [6.07, 6.45) is 5.95. The van der Waals surface area contributed by atoms with Crippen LogP contribution < -0.4 is 5.32 Å². The van der Waals surface area contributed by atoms with Crippen molar-refractivity contribution in [2.45, 2.75) is 69.0 Å². The van der Waals surface area contributed by atoms with Crippen LogP contribution in [0.2, 0.25) is 0 Å². The number of benzene rings is 1. The second kappa shape index (κ2) is 9.08. The number of amides is 1. The van der Waals surface area contributed by atoms with Crippen LogP contribution in [0.15, 0.2) is 29.3 Å². The van der Waals surface area contributed by atoms with Gasteiger partial charge in [0.1, 0.15) is 6.61 Å². The van der Waals surface area contributed by atoms with E-state index in [4.69, 9.17) is 23.9 Å². The third kappa shape index (κ3) is 3.20. The Kier molecular flexibility index (Phi) is 6.03. The zero-order valence-corrected chi connectivity index (χ0v) is 23.7. The van der Waals surface area contributed by atoms with Crippen LogP contribution in [0, 0.1) is 40.4 Å². The minimum absolute atomic E-state index is 0.00832. The number of esters is 1. The molecule has 2 N–H and O–H groups in total. The third-order valence-electron chi connectivity index (χ3n) is 12.0. The van der Waals surface area contributed by atoms with Gasteiger partial charge in [0, 0.05) is 69.5 Å². The van der Waals surface area contributed by atoms with Crippen molar-refractivity contribution in [3.8, 4) is 0 Å². The molecule has 0 saturated heterocycles. The summed E-state index contributed by atoms with van der Waals surface area (Å²) in [6, 6.07) is 6.89. The number of hydrogen-bond donors (Lipinski definition) is 2. The second-order valence-corrected chi connectivity index (χ2v) is 13.1. The van der Waals surface area contributed by atoms with Crippen molar-refractivity contribution >= 4 is 23.8 Å². The average Bonchev–Trinajstić information content (AvgIpc) is 3.39. The molecule has 0 aromatic heterocycles. The average molecular weight is 553 g/mol. The van der Waals surface area contributed by atoms with Crippen LogP contribution in [0.4, 0.5) is 5.69 Å². The lowest BCUT2D eigenvalue weighted by molar-refractivity contribution is -0.235. The van der Waals surface area contributed by atoms with Gasteiger partial charge >= 0.3 is 5.97 Å². The highest BCUT2D eigenvalue weighted by atomic mass is 16.5. The molecule has 1 amide bonds. The maximum absolute atomic E-state index is 13.4. The zero-order chi connectivity index (χ0) is 28.0. The molecule has 40 heavy (non-hydrogen) atoms. The molecule has 216 valence electrons. The van der Waals surface area contributed by atoms with E-state index in [9.17, 15) is 14.7 Å². The van der Waals surface area contributed by atoms with Gasteiger partial charge in [0.25, 0.3) is 0 Å². The van der Waals surface area contributed by atoms with Crippen molar-refractivity contribution in [2.24, 2.45) is 45.4 Å². The number of rotatable bonds is 7. The Balaban J connectivity index is 1.25. The van der Waals surface area contributed by atoms with E-state index in [2.05, 4.69) is 11.5 Å². The molecule has 5 aliphatic carbocycles. The molecule has 7 rings (SSSR count). The number of hydrogen-bond acceptors (Lipinski definition) is 8. The number of carbonyl (C=O) groups excluding carboxylic acids is 2. The number of aliphatic imine (C=N–C) groups is 1. The largest absolute Gasteiger partial charge is 0.461 e. The molecule has 12 atom stereocenters. The number of methoxy groups -OCH3 is 3. The highest BCUT2D eigenvalue weighted by molar-refractivity contribution is 6.00. The minimum atomic E-state index is -0.925. The Bertz CT molecular complexity index is 1250. The van der Waals surface area contributed by atoms with Gasteiger partial charge in [-0.3, -0.25) is 9.79 Å². The maximum Gasteiger partial charge on any atom is 0.340 e. The Morgan fingerprint density at radius 1 is 1.10 bits per heavy atom. The molecule has 1 unspecified atom stereocenters. The number of carbonyl (C=O) groups is 2. The highest BCUT2D eigenvalue weighted by Gasteiger charge is 2.82. The minimum Gasteiger partial charge on any atom is -0.461 e. The lowest BCUT2D eigenvalue weighted by Crippen LogP contribution is -2.70. The normalized spacial score (nSPS) is 47.2. The third-order valence-corrected chi connectivity index (χ3v) is 12.0. The molecule has 1 aliphatic heterocycles. The fourth-order valence-electron chi connectivity index (χ4n) is 10.9. The van der Waals surface area contributed by atoms with Gasteiger partial charge in [0.2, 0.25) is 5.91 Å². The van der Waals surface area contributed by atoms with Crippen LogP contribution in [-0.4, -0.2) is 81.1 Å². The van der Waals surface area contributed by atoms with Crippen LogP contribution in [0.5, 0.6) is 0 Å². The van der Waals surface area contributed by atoms with Crippen LogP contribution in [0.1, 0.15) is 49.4 Å².